The molecule has 2 heterocycles. The van der Waals surface area contributed by atoms with Gasteiger partial charge in [0.1, 0.15) is 12.1 Å². The van der Waals surface area contributed by atoms with Crippen molar-refractivity contribution in [1.29, 1.82) is 5.26 Å². The molecule has 2 N–H and O–H groups in total. The maximum atomic E-state index is 12.9. The smallest absolute Gasteiger partial charge is 0.289 e. The zero-order chi connectivity index (χ0) is 21.4. The molecule has 1 aromatic rings. The highest BCUT2D eigenvalue weighted by atomic mass is 32.1. The number of rotatable bonds is 4. The Morgan fingerprint density at radius 1 is 1.21 bits per heavy atom. The van der Waals surface area contributed by atoms with Gasteiger partial charge in [-0.2, -0.15) is 5.26 Å². The lowest BCUT2D eigenvalue weighted by Crippen LogP contribution is -2.41. The van der Waals surface area contributed by atoms with Crippen LogP contribution in [0.3, 0.4) is 0 Å². The second-order valence-electron chi connectivity index (χ2n) is 8.88. The standard InChI is InChI=1S/C20H27N5O3S/c1-19(2)15(20(19,3)4)18(28)25-9-6-12(7-10-25)17-22-13(11-29-17)16(27)24-23-14(26)5-8-21/h11-12,15H,5-7,9-10H2,1-4H3,(H,23,26)(H,24,27). The van der Waals surface area contributed by atoms with E-state index in [2.05, 4.69) is 43.5 Å². The minimum Gasteiger partial charge on any atom is -0.342 e. The van der Waals surface area contributed by atoms with Crippen molar-refractivity contribution < 1.29 is 14.4 Å². The number of aromatic nitrogens is 1. The largest absolute Gasteiger partial charge is 0.342 e. The number of amides is 3. The fraction of sp³-hybridized carbons (Fsp3) is 0.650. The zero-order valence-electron chi connectivity index (χ0n) is 17.2. The summed E-state index contributed by atoms with van der Waals surface area (Å²) >= 11 is 1.42. The van der Waals surface area contributed by atoms with Gasteiger partial charge in [0.25, 0.3) is 11.8 Å². The minimum absolute atomic E-state index is 0.0428. The second kappa shape index (κ2) is 7.75. The summed E-state index contributed by atoms with van der Waals surface area (Å²) in [6.07, 6.45) is 1.33. The Bertz CT molecular complexity index is 848. The van der Waals surface area contributed by atoms with Gasteiger partial charge >= 0.3 is 0 Å². The number of thiazole rings is 1. The van der Waals surface area contributed by atoms with E-state index in [-0.39, 0.29) is 40.7 Å². The monoisotopic (exact) mass is 417 g/mol. The maximum Gasteiger partial charge on any atom is 0.289 e. The average Bonchev–Trinajstić information content (AvgIpc) is 3.01. The predicted octanol–water partition coefficient (Wildman–Crippen LogP) is 2.21. The van der Waals surface area contributed by atoms with Crippen LogP contribution in [0.2, 0.25) is 0 Å². The first-order valence-electron chi connectivity index (χ1n) is 9.80. The Morgan fingerprint density at radius 2 is 1.83 bits per heavy atom. The lowest BCUT2D eigenvalue weighted by molar-refractivity contribution is -0.135. The number of likely N-dealkylation sites (tertiary alicyclic amines) is 1. The van der Waals surface area contributed by atoms with Crippen molar-refractivity contribution in [2.45, 2.75) is 52.9 Å². The maximum absolute atomic E-state index is 12.9. The minimum atomic E-state index is -0.574. The molecule has 3 amide bonds. The lowest BCUT2D eigenvalue weighted by Gasteiger charge is -2.31. The molecule has 156 valence electrons. The molecular formula is C20H27N5O3S. The molecule has 0 radical (unpaired) electrons. The van der Waals surface area contributed by atoms with E-state index in [1.165, 1.54) is 11.3 Å². The van der Waals surface area contributed by atoms with Crippen LogP contribution in [-0.4, -0.2) is 40.7 Å². The molecule has 0 unspecified atom stereocenters. The fourth-order valence-electron chi connectivity index (χ4n) is 4.23. The SMILES string of the molecule is CC1(C)C(C(=O)N2CCC(c3nc(C(=O)NNC(=O)CC#N)cs3)CC2)C1(C)C. The first-order valence-corrected chi connectivity index (χ1v) is 10.7. The van der Waals surface area contributed by atoms with E-state index >= 15 is 0 Å². The van der Waals surface area contributed by atoms with Gasteiger partial charge in [0.05, 0.1) is 11.1 Å². The Morgan fingerprint density at radius 3 is 2.38 bits per heavy atom. The molecule has 0 atom stereocenters. The highest BCUT2D eigenvalue weighted by Gasteiger charge is 2.68. The first kappa shape index (κ1) is 21.2. The van der Waals surface area contributed by atoms with Gasteiger partial charge in [0.2, 0.25) is 5.91 Å². The van der Waals surface area contributed by atoms with Crippen molar-refractivity contribution in [3.8, 4) is 6.07 Å². The molecule has 2 fully saturated rings. The Labute approximate surface area is 174 Å². The number of nitrogens with zero attached hydrogens (tertiary/aromatic N) is 3. The van der Waals surface area contributed by atoms with Gasteiger partial charge in [-0.1, -0.05) is 27.7 Å². The molecule has 8 nitrogen and oxygen atoms in total. The van der Waals surface area contributed by atoms with Gasteiger partial charge in [-0.25, -0.2) is 4.98 Å². The van der Waals surface area contributed by atoms with Crippen LogP contribution in [0.1, 0.15) is 68.4 Å². The van der Waals surface area contributed by atoms with Crippen molar-refractivity contribution >= 4 is 29.1 Å². The molecule has 2 aliphatic rings. The molecule has 0 aromatic carbocycles. The molecule has 1 saturated carbocycles. The molecule has 1 aliphatic heterocycles. The number of hydrogen-bond donors (Lipinski definition) is 2. The van der Waals surface area contributed by atoms with Crippen LogP contribution in [0.5, 0.6) is 0 Å². The highest BCUT2D eigenvalue weighted by Crippen LogP contribution is 2.68. The van der Waals surface area contributed by atoms with Gasteiger partial charge in [-0.3, -0.25) is 25.2 Å². The molecule has 1 saturated heterocycles. The molecule has 3 rings (SSSR count). The van der Waals surface area contributed by atoms with E-state index in [0.29, 0.717) is 13.1 Å². The van der Waals surface area contributed by atoms with Crippen LogP contribution < -0.4 is 10.9 Å². The van der Waals surface area contributed by atoms with E-state index in [4.69, 9.17) is 5.26 Å². The molecule has 1 aliphatic carbocycles. The highest BCUT2D eigenvalue weighted by molar-refractivity contribution is 7.09. The summed E-state index contributed by atoms with van der Waals surface area (Å²) in [6, 6.07) is 1.70. The Hall–Kier alpha value is -2.47. The van der Waals surface area contributed by atoms with Crippen LogP contribution in [0.25, 0.3) is 0 Å². The van der Waals surface area contributed by atoms with Gasteiger partial charge in [-0.15, -0.1) is 11.3 Å². The van der Waals surface area contributed by atoms with Crippen LogP contribution in [0.15, 0.2) is 5.38 Å². The van der Waals surface area contributed by atoms with E-state index in [0.717, 1.165) is 17.8 Å². The van der Waals surface area contributed by atoms with Crippen LogP contribution in [-0.2, 0) is 9.59 Å². The van der Waals surface area contributed by atoms with E-state index in [1.54, 1.807) is 11.4 Å². The molecule has 29 heavy (non-hydrogen) atoms. The third-order valence-electron chi connectivity index (χ3n) is 6.73. The second-order valence-corrected chi connectivity index (χ2v) is 9.77. The van der Waals surface area contributed by atoms with Crippen LogP contribution >= 0.6 is 11.3 Å². The normalized spacial score (nSPS) is 20.6. The van der Waals surface area contributed by atoms with E-state index < -0.39 is 11.8 Å². The topological polar surface area (TPSA) is 115 Å². The Balaban J connectivity index is 1.52. The van der Waals surface area contributed by atoms with Gasteiger partial charge in [0.15, 0.2) is 0 Å². The molecule has 1 aromatic heterocycles. The summed E-state index contributed by atoms with van der Waals surface area (Å²) in [7, 11) is 0. The quantitative estimate of drug-likeness (QED) is 0.729. The third kappa shape index (κ3) is 3.99. The zero-order valence-corrected chi connectivity index (χ0v) is 18.1. The number of nitrogens with one attached hydrogen (secondary N) is 2. The average molecular weight is 418 g/mol. The molecule has 9 heteroatoms. The fourth-order valence-corrected chi connectivity index (χ4v) is 5.20. The summed E-state index contributed by atoms with van der Waals surface area (Å²) in [5, 5.41) is 11.0. The van der Waals surface area contributed by atoms with Crippen molar-refractivity contribution in [2.24, 2.45) is 16.7 Å². The van der Waals surface area contributed by atoms with Crippen molar-refractivity contribution in [3.63, 3.8) is 0 Å². The van der Waals surface area contributed by atoms with E-state index in [9.17, 15) is 14.4 Å². The molecule has 0 bridgehead atoms. The lowest BCUT2D eigenvalue weighted by atomic mass is 9.96. The number of nitriles is 1. The predicted molar refractivity (Wildman–Crippen MR) is 108 cm³/mol. The first-order chi connectivity index (χ1) is 13.6. The van der Waals surface area contributed by atoms with Crippen LogP contribution in [0, 0.1) is 28.1 Å². The molecule has 0 spiro atoms. The van der Waals surface area contributed by atoms with Crippen LogP contribution in [0.4, 0.5) is 0 Å². The van der Waals surface area contributed by atoms with Gasteiger partial charge in [0, 0.05) is 30.3 Å². The number of hydrogen-bond acceptors (Lipinski definition) is 6. The molecular weight excluding hydrogens is 390 g/mol. The number of hydrazine groups is 1. The summed E-state index contributed by atoms with van der Waals surface area (Å²) in [6.45, 7) is 10.1. The third-order valence-corrected chi connectivity index (χ3v) is 7.74. The number of carbonyl (C=O) groups is 3. The summed E-state index contributed by atoms with van der Waals surface area (Å²) in [5.41, 5.74) is 4.76. The summed E-state index contributed by atoms with van der Waals surface area (Å²) < 4.78 is 0. The number of piperidine rings is 1. The summed E-state index contributed by atoms with van der Waals surface area (Å²) in [4.78, 5) is 42.6. The van der Waals surface area contributed by atoms with Crippen molar-refractivity contribution in [3.05, 3.63) is 16.1 Å². The van der Waals surface area contributed by atoms with Gasteiger partial charge in [-0.05, 0) is 23.7 Å². The summed E-state index contributed by atoms with van der Waals surface area (Å²) in [5.74, 6) is -0.525. The van der Waals surface area contributed by atoms with Crippen molar-refractivity contribution in [2.75, 3.05) is 13.1 Å². The van der Waals surface area contributed by atoms with E-state index in [1.807, 2.05) is 4.90 Å². The Kier molecular flexibility index (Phi) is 5.68. The number of carbonyl (C=O) groups excluding carboxylic acids is 3. The van der Waals surface area contributed by atoms with Gasteiger partial charge < -0.3 is 4.90 Å². The van der Waals surface area contributed by atoms with Crippen molar-refractivity contribution in [1.82, 2.24) is 20.7 Å².